The maximum Gasteiger partial charge on any atom is 0.133 e. The summed E-state index contributed by atoms with van der Waals surface area (Å²) >= 11 is 0. The predicted octanol–water partition coefficient (Wildman–Crippen LogP) is 3.90. The molecule has 3 heterocycles. The first kappa shape index (κ1) is 22.4. The minimum Gasteiger partial charge on any atom is -0.396 e. The number of hydrogen-bond acceptors (Lipinski definition) is 5. The van der Waals surface area contributed by atoms with Gasteiger partial charge in [0.25, 0.3) is 0 Å². The van der Waals surface area contributed by atoms with Crippen LogP contribution in [0.4, 0.5) is 14.5 Å². The molecule has 0 spiro atoms. The van der Waals surface area contributed by atoms with E-state index in [1.54, 1.807) is 36.3 Å². The number of alkyl halides is 1. The van der Waals surface area contributed by atoms with E-state index >= 15 is 0 Å². The van der Waals surface area contributed by atoms with E-state index in [0.29, 0.717) is 24.9 Å². The van der Waals surface area contributed by atoms with Gasteiger partial charge in [0, 0.05) is 56.0 Å². The van der Waals surface area contributed by atoms with E-state index in [1.807, 2.05) is 19.2 Å². The SMILES string of the molecule is Cc1cc(-n2cc(-c3cncc(NC4CCN(CCCO)CC4F)c3)cn2)c(C)cc1F. The van der Waals surface area contributed by atoms with Gasteiger partial charge in [-0.05, 0) is 56.0 Å². The molecule has 170 valence electrons. The van der Waals surface area contributed by atoms with Gasteiger partial charge >= 0.3 is 0 Å². The van der Waals surface area contributed by atoms with Crippen LogP contribution < -0.4 is 5.32 Å². The van der Waals surface area contributed by atoms with Crippen LogP contribution in [0.3, 0.4) is 0 Å². The Morgan fingerprint density at radius 3 is 2.75 bits per heavy atom. The van der Waals surface area contributed by atoms with E-state index in [-0.39, 0.29) is 18.5 Å². The summed E-state index contributed by atoms with van der Waals surface area (Å²) in [5, 5.41) is 16.7. The Morgan fingerprint density at radius 1 is 1.12 bits per heavy atom. The number of nitrogens with zero attached hydrogens (tertiary/aromatic N) is 4. The molecule has 1 fully saturated rings. The van der Waals surface area contributed by atoms with Gasteiger partial charge in [0.05, 0.1) is 23.6 Å². The lowest BCUT2D eigenvalue weighted by Gasteiger charge is -2.35. The van der Waals surface area contributed by atoms with Crippen molar-refractivity contribution in [3.05, 3.63) is 59.9 Å². The van der Waals surface area contributed by atoms with Gasteiger partial charge in [-0.3, -0.25) is 4.98 Å². The van der Waals surface area contributed by atoms with Crippen molar-refractivity contribution in [3.8, 4) is 16.8 Å². The van der Waals surface area contributed by atoms with Crippen molar-refractivity contribution in [1.82, 2.24) is 19.7 Å². The molecule has 1 aromatic carbocycles. The van der Waals surface area contributed by atoms with Gasteiger partial charge in [0.2, 0.25) is 0 Å². The summed E-state index contributed by atoms with van der Waals surface area (Å²) in [6.07, 6.45) is 7.46. The van der Waals surface area contributed by atoms with Gasteiger partial charge in [-0.25, -0.2) is 13.5 Å². The first-order valence-corrected chi connectivity index (χ1v) is 11.0. The van der Waals surface area contributed by atoms with Gasteiger partial charge in [0.1, 0.15) is 12.0 Å². The number of rotatable bonds is 7. The molecule has 6 nitrogen and oxygen atoms in total. The predicted molar refractivity (Wildman–Crippen MR) is 121 cm³/mol. The Morgan fingerprint density at radius 2 is 1.97 bits per heavy atom. The molecule has 3 aromatic rings. The molecule has 0 radical (unpaired) electrons. The van der Waals surface area contributed by atoms with Gasteiger partial charge in [-0.1, -0.05) is 0 Å². The molecular weight excluding hydrogens is 412 g/mol. The number of aliphatic hydroxyl groups is 1. The maximum absolute atomic E-state index is 14.7. The first-order chi connectivity index (χ1) is 15.4. The van der Waals surface area contributed by atoms with Crippen molar-refractivity contribution in [1.29, 1.82) is 0 Å². The van der Waals surface area contributed by atoms with Gasteiger partial charge in [0.15, 0.2) is 0 Å². The Kier molecular flexibility index (Phi) is 6.81. The van der Waals surface area contributed by atoms with Crippen molar-refractivity contribution in [2.24, 2.45) is 0 Å². The van der Waals surface area contributed by atoms with Gasteiger partial charge in [-0.15, -0.1) is 0 Å². The van der Waals surface area contributed by atoms with Crippen LogP contribution in [0.1, 0.15) is 24.0 Å². The van der Waals surface area contributed by atoms with E-state index in [4.69, 9.17) is 5.11 Å². The summed E-state index contributed by atoms with van der Waals surface area (Å²) in [4.78, 5) is 6.38. The number of hydrogen-bond donors (Lipinski definition) is 2. The van der Waals surface area contributed by atoms with Gasteiger partial charge in [-0.2, -0.15) is 5.10 Å². The molecule has 32 heavy (non-hydrogen) atoms. The monoisotopic (exact) mass is 441 g/mol. The van der Waals surface area contributed by atoms with E-state index in [1.165, 1.54) is 6.07 Å². The summed E-state index contributed by atoms with van der Waals surface area (Å²) in [5.41, 5.74) is 4.70. The highest BCUT2D eigenvalue weighted by molar-refractivity contribution is 5.66. The molecule has 4 rings (SSSR count). The number of nitrogens with one attached hydrogen (secondary N) is 1. The molecule has 2 aromatic heterocycles. The molecular formula is C24H29F2N5O. The van der Waals surface area contributed by atoms with Crippen molar-refractivity contribution in [2.45, 2.75) is 38.9 Å². The lowest BCUT2D eigenvalue weighted by molar-refractivity contribution is 0.119. The minimum absolute atomic E-state index is 0.129. The average molecular weight is 442 g/mol. The molecule has 1 saturated heterocycles. The highest BCUT2D eigenvalue weighted by Gasteiger charge is 2.28. The average Bonchev–Trinajstić information content (AvgIpc) is 3.27. The molecule has 0 bridgehead atoms. The zero-order chi connectivity index (χ0) is 22.7. The summed E-state index contributed by atoms with van der Waals surface area (Å²) in [5.74, 6) is -0.230. The molecule has 0 amide bonds. The van der Waals surface area contributed by atoms with Crippen molar-refractivity contribution >= 4 is 5.69 Å². The molecule has 0 aliphatic carbocycles. The fourth-order valence-electron chi connectivity index (χ4n) is 4.13. The number of benzene rings is 1. The molecule has 0 saturated carbocycles. The van der Waals surface area contributed by atoms with E-state index in [0.717, 1.165) is 41.2 Å². The van der Waals surface area contributed by atoms with E-state index in [9.17, 15) is 8.78 Å². The Bertz CT molecular complexity index is 1070. The van der Waals surface area contributed by atoms with Crippen LogP contribution in [0.2, 0.25) is 0 Å². The highest BCUT2D eigenvalue weighted by atomic mass is 19.1. The zero-order valence-corrected chi connectivity index (χ0v) is 18.4. The number of piperidine rings is 1. The summed E-state index contributed by atoms with van der Waals surface area (Å²) < 4.78 is 30.2. The van der Waals surface area contributed by atoms with Crippen LogP contribution in [-0.2, 0) is 0 Å². The van der Waals surface area contributed by atoms with Crippen LogP contribution in [0.15, 0.2) is 43.0 Å². The third-order valence-corrected chi connectivity index (χ3v) is 5.99. The molecule has 1 aliphatic heterocycles. The number of halogens is 2. The van der Waals surface area contributed by atoms with Crippen LogP contribution in [0, 0.1) is 19.7 Å². The second-order valence-electron chi connectivity index (χ2n) is 8.46. The second kappa shape index (κ2) is 9.75. The van der Waals surface area contributed by atoms with Crippen LogP contribution in [0.5, 0.6) is 0 Å². The molecule has 2 N–H and O–H groups in total. The van der Waals surface area contributed by atoms with Crippen LogP contribution in [-0.4, -0.2) is 63.2 Å². The van der Waals surface area contributed by atoms with Crippen LogP contribution in [0.25, 0.3) is 16.8 Å². The quantitative estimate of drug-likeness (QED) is 0.582. The molecule has 2 unspecified atom stereocenters. The number of anilines is 1. The second-order valence-corrected chi connectivity index (χ2v) is 8.46. The third-order valence-electron chi connectivity index (χ3n) is 5.99. The summed E-state index contributed by atoms with van der Waals surface area (Å²) in [7, 11) is 0. The third kappa shape index (κ3) is 4.97. The van der Waals surface area contributed by atoms with Crippen LogP contribution >= 0.6 is 0 Å². The molecule has 1 aliphatic rings. The summed E-state index contributed by atoms with van der Waals surface area (Å²) in [6.45, 7) is 5.61. The number of aliphatic hydroxyl groups excluding tert-OH is 1. The van der Waals surface area contributed by atoms with Crippen molar-refractivity contribution in [2.75, 3.05) is 31.6 Å². The Labute approximate surface area is 186 Å². The van der Waals surface area contributed by atoms with Gasteiger partial charge < -0.3 is 15.3 Å². The topological polar surface area (TPSA) is 66.2 Å². The highest BCUT2D eigenvalue weighted by Crippen LogP contribution is 2.26. The summed E-state index contributed by atoms with van der Waals surface area (Å²) in [6, 6.07) is 4.97. The van der Waals surface area contributed by atoms with Crippen molar-refractivity contribution in [3.63, 3.8) is 0 Å². The van der Waals surface area contributed by atoms with Crippen molar-refractivity contribution < 1.29 is 13.9 Å². The minimum atomic E-state index is -0.987. The Hall–Kier alpha value is -2.84. The largest absolute Gasteiger partial charge is 0.396 e. The number of pyridine rings is 1. The van der Waals surface area contributed by atoms with E-state index < -0.39 is 6.17 Å². The fourth-order valence-corrected chi connectivity index (χ4v) is 4.13. The normalized spacial score (nSPS) is 19.3. The lowest BCUT2D eigenvalue weighted by atomic mass is 10.0. The van der Waals surface area contributed by atoms with E-state index in [2.05, 4.69) is 20.3 Å². The number of aromatic nitrogens is 3. The number of likely N-dealkylation sites (tertiary alicyclic amines) is 1. The standard InChI is InChI=1S/C24H29F2N5O/c1-16-9-24(17(2)8-21(16)25)31-14-19(12-28-31)18-10-20(13-27-11-18)29-23-4-6-30(5-3-7-32)15-22(23)26/h8-14,22-23,29,32H,3-7,15H2,1-2H3. The molecule has 2 atom stereocenters. The fraction of sp³-hybridized carbons (Fsp3) is 0.417. The smallest absolute Gasteiger partial charge is 0.133 e. The molecule has 8 heteroatoms. The Balaban J connectivity index is 1.47. The zero-order valence-electron chi connectivity index (χ0n) is 18.4. The number of aryl methyl sites for hydroxylation is 2. The maximum atomic E-state index is 14.7. The lowest BCUT2D eigenvalue weighted by Crippen LogP contribution is -2.48. The first-order valence-electron chi connectivity index (χ1n) is 11.0.